The lowest BCUT2D eigenvalue weighted by atomic mass is 10.1. The second-order valence-corrected chi connectivity index (χ2v) is 4.51. The first-order chi connectivity index (χ1) is 9.77. The molecule has 1 radical (unpaired) electrons. The molecule has 1 aromatic rings. The highest BCUT2D eigenvalue weighted by atomic mass is 17.2. The largest absolute Gasteiger partial charge is 0.378 e. The molecule has 1 rings (SSSR count). The number of hydrogen-bond donors (Lipinski definition) is 0. The Morgan fingerprint density at radius 2 is 1.90 bits per heavy atom. The van der Waals surface area contributed by atoms with Crippen LogP contribution in [0.15, 0.2) is 24.3 Å². The smallest absolute Gasteiger partial charge is 0.373 e. The van der Waals surface area contributed by atoms with Crippen LogP contribution in [0.2, 0.25) is 0 Å². The predicted molar refractivity (Wildman–Crippen MR) is 77.0 cm³/mol. The Morgan fingerprint density at radius 1 is 1.15 bits per heavy atom. The molecule has 0 aromatic heterocycles. The molecule has 0 amide bonds. The summed E-state index contributed by atoms with van der Waals surface area (Å²) in [4.78, 5) is 21.0. The van der Waals surface area contributed by atoms with Gasteiger partial charge in [0.25, 0.3) is 0 Å². The van der Waals surface area contributed by atoms with Gasteiger partial charge in [0.15, 0.2) is 6.61 Å². The van der Waals surface area contributed by atoms with E-state index in [1.54, 1.807) is 12.1 Å². The second-order valence-electron chi connectivity index (χ2n) is 4.51. The zero-order chi connectivity index (χ0) is 14.6. The van der Waals surface area contributed by atoms with Crippen molar-refractivity contribution in [2.75, 3.05) is 13.2 Å². The van der Waals surface area contributed by atoms with Crippen LogP contribution in [-0.2, 0) is 20.9 Å². The van der Waals surface area contributed by atoms with Gasteiger partial charge in [0.05, 0.1) is 12.2 Å². The molecule has 0 aliphatic carbocycles. The average molecular weight is 279 g/mol. The van der Waals surface area contributed by atoms with Crippen LogP contribution in [0.3, 0.4) is 0 Å². The Balaban J connectivity index is 2.25. The maximum Gasteiger partial charge on any atom is 0.373 e. The molecule has 0 unspecified atom stereocenters. The zero-order valence-electron chi connectivity index (χ0n) is 12.3. The molecule has 20 heavy (non-hydrogen) atoms. The molecule has 0 saturated carbocycles. The Kier molecular flexibility index (Phi) is 8.67. The fraction of sp³-hybridized carbons (Fsp3) is 0.500. The average Bonchev–Trinajstić information content (AvgIpc) is 2.49. The lowest BCUT2D eigenvalue weighted by Gasteiger charge is -2.05. The van der Waals surface area contributed by atoms with Gasteiger partial charge in [-0.25, -0.2) is 4.79 Å². The third-order valence-corrected chi connectivity index (χ3v) is 2.73. The molecular weight excluding hydrogens is 256 g/mol. The van der Waals surface area contributed by atoms with Crippen LogP contribution in [0.5, 0.6) is 0 Å². The van der Waals surface area contributed by atoms with E-state index < -0.39 is 5.97 Å². The summed E-state index contributed by atoms with van der Waals surface area (Å²) >= 11 is 0. The first-order valence-electron chi connectivity index (χ1n) is 7.14. The highest BCUT2D eigenvalue weighted by Crippen LogP contribution is 2.09. The van der Waals surface area contributed by atoms with Crippen LogP contribution in [-0.4, -0.2) is 19.2 Å². The molecule has 0 heterocycles. The number of ether oxygens (including phenoxy) is 1. The van der Waals surface area contributed by atoms with Crippen LogP contribution in [0.1, 0.15) is 49.0 Å². The predicted octanol–water partition coefficient (Wildman–Crippen LogP) is 3.71. The number of unbranched alkanes of at least 4 members (excludes halogenated alkanes) is 1. The standard InChI is InChI=1S/C16H23O4/c1-3-5-6-14-7-9-15(10-8-14)16(17)20-19-13-12-18-11-4-2/h7-10,13H,3-6,11-12H2,1-2H3. The minimum Gasteiger partial charge on any atom is -0.378 e. The maximum absolute atomic E-state index is 11.7. The van der Waals surface area contributed by atoms with Crippen molar-refractivity contribution in [3.8, 4) is 0 Å². The van der Waals surface area contributed by atoms with Gasteiger partial charge in [-0.1, -0.05) is 32.4 Å². The summed E-state index contributed by atoms with van der Waals surface area (Å²) in [6.07, 6.45) is 4.29. The summed E-state index contributed by atoms with van der Waals surface area (Å²) in [5, 5.41) is 0. The molecule has 0 atom stereocenters. The third-order valence-electron chi connectivity index (χ3n) is 2.73. The normalized spacial score (nSPS) is 10.5. The Bertz CT molecular complexity index is 373. The summed E-state index contributed by atoms with van der Waals surface area (Å²) in [7, 11) is 0. The van der Waals surface area contributed by atoms with E-state index in [-0.39, 0.29) is 0 Å². The first-order valence-corrected chi connectivity index (χ1v) is 7.14. The van der Waals surface area contributed by atoms with Crippen molar-refractivity contribution < 1.29 is 19.3 Å². The molecule has 0 spiro atoms. The van der Waals surface area contributed by atoms with E-state index in [0.29, 0.717) is 18.8 Å². The van der Waals surface area contributed by atoms with E-state index in [1.807, 2.05) is 19.1 Å². The summed E-state index contributed by atoms with van der Waals surface area (Å²) in [6.45, 7) is 6.46. The van der Waals surface area contributed by atoms with Crippen molar-refractivity contribution in [3.05, 3.63) is 42.0 Å². The van der Waals surface area contributed by atoms with Crippen LogP contribution in [0.4, 0.5) is 0 Å². The molecule has 0 saturated heterocycles. The lowest BCUT2D eigenvalue weighted by molar-refractivity contribution is -0.218. The van der Waals surface area contributed by atoms with Gasteiger partial charge >= 0.3 is 5.97 Å². The summed E-state index contributed by atoms with van der Waals surface area (Å²) in [5.74, 6) is -0.501. The Labute approximate surface area is 121 Å². The molecule has 0 aliphatic heterocycles. The molecule has 0 aliphatic rings. The molecule has 111 valence electrons. The van der Waals surface area contributed by atoms with Crippen LogP contribution in [0.25, 0.3) is 0 Å². The molecule has 0 fully saturated rings. The van der Waals surface area contributed by atoms with Crippen molar-refractivity contribution in [1.82, 2.24) is 0 Å². The van der Waals surface area contributed by atoms with Gasteiger partial charge in [-0.2, -0.15) is 4.89 Å². The van der Waals surface area contributed by atoms with Crippen LogP contribution >= 0.6 is 0 Å². The fourth-order valence-electron chi connectivity index (χ4n) is 1.62. The van der Waals surface area contributed by atoms with Gasteiger partial charge in [-0.15, -0.1) is 0 Å². The minimum atomic E-state index is -0.501. The molecule has 4 nitrogen and oxygen atoms in total. The summed E-state index contributed by atoms with van der Waals surface area (Å²) in [6, 6.07) is 7.40. The van der Waals surface area contributed by atoms with Gasteiger partial charge in [-0.05, 0) is 37.0 Å². The molecular formula is C16H23O4. The van der Waals surface area contributed by atoms with Gasteiger partial charge < -0.3 is 4.74 Å². The molecule has 1 aromatic carbocycles. The number of carbonyl (C=O) groups is 1. The number of benzene rings is 1. The van der Waals surface area contributed by atoms with Crippen molar-refractivity contribution in [2.45, 2.75) is 39.5 Å². The van der Waals surface area contributed by atoms with E-state index in [1.165, 1.54) is 12.2 Å². The second kappa shape index (κ2) is 10.4. The van der Waals surface area contributed by atoms with E-state index >= 15 is 0 Å². The zero-order valence-corrected chi connectivity index (χ0v) is 12.3. The molecule has 0 N–H and O–H groups in total. The van der Waals surface area contributed by atoms with E-state index in [0.717, 1.165) is 25.7 Å². The number of hydrogen-bond acceptors (Lipinski definition) is 4. The van der Waals surface area contributed by atoms with Crippen molar-refractivity contribution in [1.29, 1.82) is 0 Å². The summed E-state index contributed by atoms with van der Waals surface area (Å²) in [5.41, 5.74) is 1.71. The summed E-state index contributed by atoms with van der Waals surface area (Å²) < 4.78 is 5.15. The Morgan fingerprint density at radius 3 is 2.55 bits per heavy atom. The quantitative estimate of drug-likeness (QED) is 0.372. The van der Waals surface area contributed by atoms with Gasteiger partial charge in [0, 0.05) is 6.61 Å². The molecule has 0 bridgehead atoms. The lowest BCUT2D eigenvalue weighted by Crippen LogP contribution is -2.07. The van der Waals surface area contributed by atoms with E-state index in [9.17, 15) is 4.79 Å². The molecule has 4 heteroatoms. The van der Waals surface area contributed by atoms with Crippen LogP contribution in [0, 0.1) is 6.61 Å². The van der Waals surface area contributed by atoms with Crippen molar-refractivity contribution in [3.63, 3.8) is 0 Å². The highest BCUT2D eigenvalue weighted by Gasteiger charge is 2.08. The number of aryl methyl sites for hydroxylation is 1. The minimum absolute atomic E-state index is 0.303. The number of rotatable bonds is 10. The van der Waals surface area contributed by atoms with Gasteiger partial charge in [0.2, 0.25) is 0 Å². The van der Waals surface area contributed by atoms with Gasteiger partial charge in [0.1, 0.15) is 0 Å². The van der Waals surface area contributed by atoms with E-state index in [2.05, 4.69) is 11.8 Å². The maximum atomic E-state index is 11.7. The van der Waals surface area contributed by atoms with Crippen molar-refractivity contribution >= 4 is 5.97 Å². The van der Waals surface area contributed by atoms with Crippen molar-refractivity contribution in [2.24, 2.45) is 0 Å². The monoisotopic (exact) mass is 279 g/mol. The van der Waals surface area contributed by atoms with E-state index in [4.69, 9.17) is 9.62 Å². The number of carbonyl (C=O) groups excluding carboxylic acids is 1. The fourth-order valence-corrected chi connectivity index (χ4v) is 1.62. The SMILES string of the molecule is CCCCc1ccc(C(=O)OO[CH]COCCC)cc1. The first kappa shape index (κ1) is 16.7. The van der Waals surface area contributed by atoms with Crippen LogP contribution < -0.4 is 0 Å². The third kappa shape index (κ3) is 6.68. The van der Waals surface area contributed by atoms with Gasteiger partial charge in [-0.3, -0.25) is 4.89 Å². The Hall–Kier alpha value is -1.39. The topological polar surface area (TPSA) is 44.8 Å². The highest BCUT2D eigenvalue weighted by molar-refractivity contribution is 5.88.